The first-order chi connectivity index (χ1) is 15.6. The van der Waals surface area contributed by atoms with Gasteiger partial charge >= 0.3 is 0 Å². The molecule has 6 nitrogen and oxygen atoms in total. The van der Waals surface area contributed by atoms with Crippen molar-refractivity contribution in [1.82, 2.24) is 19.9 Å². The zero-order valence-electron chi connectivity index (χ0n) is 17.5. The highest BCUT2D eigenvalue weighted by molar-refractivity contribution is 6.30. The molecule has 2 aliphatic rings. The topological polar surface area (TPSA) is 63.3 Å². The summed E-state index contributed by atoms with van der Waals surface area (Å²) < 4.78 is 0. The number of benzene rings is 1. The number of nitrogens with zero attached hydrogens (tertiary/aromatic N) is 5. The van der Waals surface area contributed by atoms with Crippen LogP contribution < -0.4 is 0 Å². The van der Waals surface area contributed by atoms with Crippen molar-refractivity contribution in [2.45, 2.75) is 44.2 Å². The molecule has 7 heteroatoms. The lowest BCUT2D eigenvalue weighted by Crippen LogP contribution is -2.45. The van der Waals surface area contributed by atoms with Gasteiger partial charge in [0.1, 0.15) is 0 Å². The van der Waals surface area contributed by atoms with Gasteiger partial charge in [0, 0.05) is 47.5 Å². The maximum Gasteiger partial charge on any atom is 0.253 e. The summed E-state index contributed by atoms with van der Waals surface area (Å²) in [4.78, 5) is 32.6. The van der Waals surface area contributed by atoms with Gasteiger partial charge in [-0.05, 0) is 62.3 Å². The highest BCUT2D eigenvalue weighted by Gasteiger charge is 2.50. The Hall–Kier alpha value is -3.30. The van der Waals surface area contributed by atoms with Gasteiger partial charge < -0.3 is 4.90 Å². The van der Waals surface area contributed by atoms with E-state index in [1.54, 1.807) is 42.9 Å². The van der Waals surface area contributed by atoms with E-state index in [1.165, 1.54) is 0 Å². The van der Waals surface area contributed by atoms with E-state index in [4.69, 9.17) is 18.2 Å². The minimum absolute atomic E-state index is 0.0285. The van der Waals surface area contributed by atoms with E-state index in [2.05, 4.69) is 24.7 Å². The van der Waals surface area contributed by atoms with Crippen molar-refractivity contribution in [2.24, 2.45) is 5.92 Å². The molecule has 0 bridgehead atoms. The van der Waals surface area contributed by atoms with E-state index in [0.29, 0.717) is 33.6 Å². The van der Waals surface area contributed by atoms with Crippen LogP contribution in [0.2, 0.25) is 5.02 Å². The van der Waals surface area contributed by atoms with Gasteiger partial charge in [0.25, 0.3) is 5.91 Å². The third-order valence-corrected chi connectivity index (χ3v) is 6.66. The second kappa shape index (κ2) is 8.68. The molecule has 32 heavy (non-hydrogen) atoms. The monoisotopic (exact) mass is 443 g/mol. The Labute approximate surface area is 192 Å². The normalized spacial score (nSPS) is 21.5. The van der Waals surface area contributed by atoms with Gasteiger partial charge in [0.15, 0.2) is 11.5 Å². The molecule has 1 amide bonds. The summed E-state index contributed by atoms with van der Waals surface area (Å²) in [6.45, 7) is 7.42. The molecule has 2 aromatic heterocycles. The Morgan fingerprint density at radius 1 is 1.16 bits per heavy atom. The van der Waals surface area contributed by atoms with E-state index < -0.39 is 0 Å². The smallest absolute Gasteiger partial charge is 0.253 e. The first-order valence-corrected chi connectivity index (χ1v) is 11.2. The zero-order chi connectivity index (χ0) is 22.1. The largest absolute Gasteiger partial charge is 0.332 e. The third kappa shape index (κ3) is 4.09. The van der Waals surface area contributed by atoms with Crippen LogP contribution in [0, 0.1) is 12.5 Å². The fourth-order valence-electron chi connectivity index (χ4n) is 4.72. The highest BCUT2D eigenvalue weighted by atomic mass is 35.5. The van der Waals surface area contributed by atoms with Gasteiger partial charge in [-0.15, -0.1) is 0 Å². The standard InChI is InChI=1S/C25H22ClN5O/c1-27-19-7-10-21(24-28-11-2-12-29-24)22(14-19)25(32)31-20(8-3-16-13-23(16)31)9-6-18-5-4-17(26)15-30-18/h2,4-5,7,10-12,14-16,20,23H,3,6,8-9,13H2/t16-,20-,23+/m0/s1. The summed E-state index contributed by atoms with van der Waals surface area (Å²) in [6, 6.07) is 11.2. The van der Waals surface area contributed by atoms with Gasteiger partial charge in [-0.1, -0.05) is 23.7 Å². The molecule has 1 saturated carbocycles. The number of amides is 1. The SMILES string of the molecule is [C-]#[N+]c1ccc(-c2ncccn2)c(C(=O)N2[C@H](CCc3ccc(Cl)cn3)CC[C@H]3C[C@H]32)c1. The number of rotatable bonds is 5. The summed E-state index contributed by atoms with van der Waals surface area (Å²) in [5.41, 5.74) is 2.60. The Bertz CT molecular complexity index is 1180. The number of carbonyl (C=O) groups is 1. The number of fused-ring (bicyclic) bond motifs is 1. The van der Waals surface area contributed by atoms with E-state index in [0.717, 1.165) is 37.8 Å². The Balaban J connectivity index is 1.45. The van der Waals surface area contributed by atoms with Crippen LogP contribution in [0.15, 0.2) is 55.0 Å². The average molecular weight is 444 g/mol. The number of piperidine rings is 1. The van der Waals surface area contributed by atoms with Gasteiger partial charge in [-0.25, -0.2) is 14.8 Å². The molecule has 3 atom stereocenters. The molecular formula is C25H22ClN5O. The van der Waals surface area contributed by atoms with Crippen molar-refractivity contribution >= 4 is 23.2 Å². The maximum absolute atomic E-state index is 13.9. The fourth-order valence-corrected chi connectivity index (χ4v) is 4.83. The van der Waals surface area contributed by atoms with Gasteiger partial charge in [-0.3, -0.25) is 9.78 Å². The fraction of sp³-hybridized carbons (Fsp3) is 0.320. The van der Waals surface area contributed by atoms with Crippen molar-refractivity contribution in [3.63, 3.8) is 0 Å². The molecule has 0 N–H and O–H groups in total. The molecule has 1 saturated heterocycles. The number of halogens is 1. The average Bonchev–Trinajstić information content (AvgIpc) is 3.63. The summed E-state index contributed by atoms with van der Waals surface area (Å²) >= 11 is 5.96. The molecule has 0 unspecified atom stereocenters. The van der Waals surface area contributed by atoms with Crippen LogP contribution in [0.4, 0.5) is 5.69 Å². The first-order valence-electron chi connectivity index (χ1n) is 10.9. The minimum Gasteiger partial charge on any atom is -0.332 e. The molecule has 3 heterocycles. The predicted molar refractivity (Wildman–Crippen MR) is 122 cm³/mol. The van der Waals surface area contributed by atoms with Gasteiger partial charge in [-0.2, -0.15) is 0 Å². The summed E-state index contributed by atoms with van der Waals surface area (Å²) in [6.07, 6.45) is 9.84. The maximum atomic E-state index is 13.9. The first kappa shape index (κ1) is 20.6. The number of hydrogen-bond donors (Lipinski definition) is 0. The van der Waals surface area contributed by atoms with Gasteiger partial charge in [0.05, 0.1) is 11.6 Å². The summed E-state index contributed by atoms with van der Waals surface area (Å²) in [7, 11) is 0. The van der Waals surface area contributed by atoms with E-state index in [-0.39, 0.29) is 18.0 Å². The molecule has 2 fully saturated rings. The van der Waals surface area contributed by atoms with Crippen LogP contribution in [-0.4, -0.2) is 37.8 Å². The molecule has 1 aliphatic heterocycles. The van der Waals surface area contributed by atoms with Crippen LogP contribution in [0.25, 0.3) is 16.2 Å². The predicted octanol–water partition coefficient (Wildman–Crippen LogP) is 5.37. The molecule has 3 aromatic rings. The molecule has 0 radical (unpaired) electrons. The number of likely N-dealkylation sites (tertiary alicyclic amines) is 1. The highest BCUT2D eigenvalue weighted by Crippen LogP contribution is 2.47. The second-order valence-corrected chi connectivity index (χ2v) is 8.86. The van der Waals surface area contributed by atoms with Crippen molar-refractivity contribution in [3.05, 3.63) is 82.7 Å². The van der Waals surface area contributed by atoms with Crippen LogP contribution in [-0.2, 0) is 6.42 Å². The summed E-state index contributed by atoms with van der Waals surface area (Å²) in [5.74, 6) is 1.06. The van der Waals surface area contributed by atoms with Crippen LogP contribution in [0.5, 0.6) is 0 Å². The van der Waals surface area contributed by atoms with E-state index in [9.17, 15) is 4.79 Å². The van der Waals surface area contributed by atoms with Crippen molar-refractivity contribution in [2.75, 3.05) is 0 Å². The number of hydrogen-bond acceptors (Lipinski definition) is 4. The molecule has 1 aliphatic carbocycles. The number of aromatic nitrogens is 3. The quantitative estimate of drug-likeness (QED) is 0.497. The molecule has 5 rings (SSSR count). The molecular weight excluding hydrogens is 422 g/mol. The van der Waals surface area contributed by atoms with Gasteiger partial charge in [0.2, 0.25) is 0 Å². The Morgan fingerprint density at radius 3 is 2.75 bits per heavy atom. The molecule has 0 spiro atoms. The molecule has 1 aromatic carbocycles. The number of aryl methyl sites for hydroxylation is 1. The molecule has 160 valence electrons. The second-order valence-electron chi connectivity index (χ2n) is 8.43. The Morgan fingerprint density at radius 2 is 2.00 bits per heavy atom. The number of pyridine rings is 1. The van der Waals surface area contributed by atoms with Crippen molar-refractivity contribution < 1.29 is 4.79 Å². The number of carbonyl (C=O) groups excluding carboxylic acids is 1. The van der Waals surface area contributed by atoms with E-state index in [1.807, 2.05) is 12.1 Å². The third-order valence-electron chi connectivity index (χ3n) is 6.43. The van der Waals surface area contributed by atoms with Crippen LogP contribution in [0.1, 0.15) is 41.7 Å². The minimum atomic E-state index is -0.0285. The lowest BCUT2D eigenvalue weighted by molar-refractivity contribution is 0.0576. The van der Waals surface area contributed by atoms with Crippen LogP contribution in [0.3, 0.4) is 0 Å². The lowest BCUT2D eigenvalue weighted by Gasteiger charge is -2.36. The van der Waals surface area contributed by atoms with E-state index >= 15 is 0 Å². The van der Waals surface area contributed by atoms with Crippen molar-refractivity contribution in [1.29, 1.82) is 0 Å². The zero-order valence-corrected chi connectivity index (χ0v) is 18.2. The van der Waals surface area contributed by atoms with Crippen molar-refractivity contribution in [3.8, 4) is 11.4 Å². The lowest BCUT2D eigenvalue weighted by atomic mass is 9.95. The summed E-state index contributed by atoms with van der Waals surface area (Å²) in [5, 5.41) is 0.624. The van der Waals surface area contributed by atoms with Crippen LogP contribution >= 0.6 is 11.6 Å². The Kier molecular flexibility index (Phi) is 5.59.